The first kappa shape index (κ1) is 15.0. The third-order valence-electron chi connectivity index (χ3n) is 4.64. The number of fused-ring (bicyclic) bond motifs is 1. The van der Waals surface area contributed by atoms with Gasteiger partial charge in [-0.3, -0.25) is 0 Å². The minimum absolute atomic E-state index is 0.0113. The fourth-order valence-electron chi connectivity index (χ4n) is 3.33. The lowest BCUT2D eigenvalue weighted by Crippen LogP contribution is -2.55. The van der Waals surface area contributed by atoms with Crippen LogP contribution in [0.5, 0.6) is 0 Å². The molecule has 0 bridgehead atoms. The van der Waals surface area contributed by atoms with E-state index in [2.05, 4.69) is 5.32 Å². The number of alkyl halides is 2. The van der Waals surface area contributed by atoms with Crippen LogP contribution >= 0.6 is 0 Å². The highest BCUT2D eigenvalue weighted by Crippen LogP contribution is 2.37. The number of piperazine rings is 1. The summed E-state index contributed by atoms with van der Waals surface area (Å²) in [5.74, 6) is -2.73. The van der Waals surface area contributed by atoms with Crippen molar-refractivity contribution in [2.75, 3.05) is 26.2 Å². The van der Waals surface area contributed by atoms with Crippen LogP contribution in [0.3, 0.4) is 0 Å². The predicted octanol–water partition coefficient (Wildman–Crippen LogP) is 0.603. The smallest absolute Gasteiger partial charge is 0.317 e. The van der Waals surface area contributed by atoms with Gasteiger partial charge in [0.05, 0.1) is 11.3 Å². The second-order valence-electron chi connectivity index (χ2n) is 5.99. The van der Waals surface area contributed by atoms with Crippen molar-refractivity contribution in [1.29, 1.82) is 0 Å². The summed E-state index contributed by atoms with van der Waals surface area (Å²) < 4.78 is 52.9. The fraction of sp³-hybridized carbons (Fsp3) is 0.917. The molecule has 0 aromatic heterocycles. The minimum atomic E-state index is -3.56. The number of nitrogens with zero attached hydrogens (tertiary/aromatic N) is 2. The SMILES string of the molecule is O=C1NCC2CN(S(=O)(=O)C3CCC(F)(F)CC3)CCN12. The summed E-state index contributed by atoms with van der Waals surface area (Å²) in [6.45, 7) is 1.30. The lowest BCUT2D eigenvalue weighted by molar-refractivity contribution is -0.0332. The normalized spacial score (nSPS) is 31.0. The van der Waals surface area contributed by atoms with Crippen molar-refractivity contribution >= 4 is 16.1 Å². The van der Waals surface area contributed by atoms with Crippen LogP contribution in [-0.2, 0) is 10.0 Å². The molecule has 9 heteroatoms. The highest BCUT2D eigenvalue weighted by molar-refractivity contribution is 7.89. The molecule has 0 radical (unpaired) electrons. The van der Waals surface area contributed by atoms with Gasteiger partial charge in [-0.1, -0.05) is 0 Å². The molecule has 3 rings (SSSR count). The maximum atomic E-state index is 13.2. The Kier molecular flexibility index (Phi) is 3.59. The maximum Gasteiger partial charge on any atom is 0.317 e. The molecule has 0 spiro atoms. The predicted molar refractivity (Wildman–Crippen MR) is 71.6 cm³/mol. The van der Waals surface area contributed by atoms with Gasteiger partial charge in [-0.15, -0.1) is 0 Å². The van der Waals surface area contributed by atoms with Gasteiger partial charge in [-0.05, 0) is 12.8 Å². The quantitative estimate of drug-likeness (QED) is 0.809. The highest BCUT2D eigenvalue weighted by Gasteiger charge is 2.45. The van der Waals surface area contributed by atoms with E-state index in [1.54, 1.807) is 4.90 Å². The Balaban J connectivity index is 1.67. The summed E-state index contributed by atoms with van der Waals surface area (Å²) in [5.41, 5.74) is 0. The van der Waals surface area contributed by atoms with Crippen molar-refractivity contribution in [3.05, 3.63) is 0 Å². The molecule has 1 saturated carbocycles. The van der Waals surface area contributed by atoms with Crippen LogP contribution in [0.25, 0.3) is 0 Å². The Bertz CT molecular complexity index is 530. The number of hydrogen-bond acceptors (Lipinski definition) is 3. The van der Waals surface area contributed by atoms with E-state index in [-0.39, 0.29) is 50.8 Å². The maximum absolute atomic E-state index is 13.2. The summed E-state index contributed by atoms with van der Waals surface area (Å²) in [6, 6.07) is -0.305. The van der Waals surface area contributed by atoms with Crippen LogP contribution in [0.2, 0.25) is 0 Å². The molecule has 1 aliphatic carbocycles. The lowest BCUT2D eigenvalue weighted by Gasteiger charge is -2.38. The molecule has 3 fully saturated rings. The molecule has 120 valence electrons. The van der Waals surface area contributed by atoms with Crippen molar-refractivity contribution in [2.24, 2.45) is 0 Å². The molecular weight excluding hydrogens is 304 g/mol. The highest BCUT2D eigenvalue weighted by atomic mass is 32.2. The largest absolute Gasteiger partial charge is 0.336 e. The van der Waals surface area contributed by atoms with E-state index in [1.165, 1.54) is 4.31 Å². The average molecular weight is 323 g/mol. The third kappa shape index (κ3) is 2.73. The Hall–Kier alpha value is -0.960. The van der Waals surface area contributed by atoms with Crippen LogP contribution in [0, 0.1) is 0 Å². The molecule has 1 atom stereocenters. The van der Waals surface area contributed by atoms with Crippen molar-refractivity contribution in [3.8, 4) is 0 Å². The van der Waals surface area contributed by atoms with Crippen LogP contribution in [0.4, 0.5) is 13.6 Å². The molecule has 0 aromatic carbocycles. The fourth-order valence-corrected chi connectivity index (χ4v) is 5.30. The molecule has 2 heterocycles. The summed E-state index contributed by atoms with van der Waals surface area (Å²) >= 11 is 0. The summed E-state index contributed by atoms with van der Waals surface area (Å²) in [5, 5.41) is 1.98. The van der Waals surface area contributed by atoms with E-state index in [1.807, 2.05) is 0 Å². The van der Waals surface area contributed by atoms with Crippen LogP contribution in [-0.4, -0.2) is 67.0 Å². The van der Waals surface area contributed by atoms with Crippen molar-refractivity contribution < 1.29 is 22.0 Å². The van der Waals surface area contributed by atoms with Gasteiger partial charge >= 0.3 is 6.03 Å². The van der Waals surface area contributed by atoms with Gasteiger partial charge in [0, 0.05) is 39.0 Å². The summed E-state index contributed by atoms with van der Waals surface area (Å²) in [7, 11) is -3.56. The third-order valence-corrected chi connectivity index (χ3v) is 7.01. The molecule has 2 saturated heterocycles. The van der Waals surface area contributed by atoms with Crippen LogP contribution in [0.1, 0.15) is 25.7 Å². The Labute approximate surface area is 122 Å². The standard InChI is InChI=1S/C12H19F2N3O3S/c13-12(14)3-1-10(2-4-12)21(19,20)16-5-6-17-9(8-16)7-15-11(17)18/h9-10H,1-8H2,(H,15,18). The van der Waals surface area contributed by atoms with E-state index < -0.39 is 21.2 Å². The first-order valence-electron chi connectivity index (χ1n) is 7.21. The van der Waals surface area contributed by atoms with Crippen LogP contribution < -0.4 is 5.32 Å². The minimum Gasteiger partial charge on any atom is -0.336 e. The molecule has 6 nitrogen and oxygen atoms in total. The van der Waals surface area contributed by atoms with Gasteiger partial charge in [0.1, 0.15) is 0 Å². The van der Waals surface area contributed by atoms with E-state index in [9.17, 15) is 22.0 Å². The number of carbonyl (C=O) groups is 1. The monoisotopic (exact) mass is 323 g/mol. The number of urea groups is 1. The van der Waals surface area contributed by atoms with Gasteiger partial charge in [0.15, 0.2) is 0 Å². The molecule has 0 aromatic rings. The zero-order valence-corrected chi connectivity index (χ0v) is 12.4. The summed E-state index contributed by atoms with van der Waals surface area (Å²) in [6.07, 6.45) is -0.699. The number of halogens is 2. The number of hydrogen-bond donors (Lipinski definition) is 1. The zero-order chi connectivity index (χ0) is 15.3. The average Bonchev–Trinajstić information content (AvgIpc) is 2.79. The lowest BCUT2D eigenvalue weighted by atomic mass is 9.96. The Morgan fingerprint density at radius 3 is 2.52 bits per heavy atom. The molecule has 2 aliphatic heterocycles. The first-order chi connectivity index (χ1) is 9.79. The number of rotatable bonds is 2. The van der Waals surface area contributed by atoms with Gasteiger partial charge in [-0.2, -0.15) is 4.31 Å². The Morgan fingerprint density at radius 2 is 1.86 bits per heavy atom. The molecule has 3 aliphatic rings. The number of sulfonamides is 1. The van der Waals surface area contributed by atoms with Gasteiger partial charge < -0.3 is 10.2 Å². The first-order valence-corrected chi connectivity index (χ1v) is 8.71. The number of carbonyl (C=O) groups excluding carboxylic acids is 1. The Morgan fingerprint density at radius 1 is 1.19 bits per heavy atom. The summed E-state index contributed by atoms with van der Waals surface area (Å²) in [4.78, 5) is 13.1. The second-order valence-corrected chi connectivity index (χ2v) is 8.20. The van der Waals surface area contributed by atoms with E-state index in [0.29, 0.717) is 13.1 Å². The second kappa shape index (κ2) is 5.05. The molecule has 1 unspecified atom stereocenters. The van der Waals surface area contributed by atoms with E-state index in [4.69, 9.17) is 0 Å². The van der Waals surface area contributed by atoms with E-state index in [0.717, 1.165) is 0 Å². The van der Waals surface area contributed by atoms with Gasteiger partial charge in [0.2, 0.25) is 15.9 Å². The zero-order valence-electron chi connectivity index (χ0n) is 11.6. The van der Waals surface area contributed by atoms with Gasteiger partial charge in [-0.25, -0.2) is 22.0 Å². The molecule has 1 N–H and O–H groups in total. The molecular formula is C12H19F2N3O3S. The van der Waals surface area contributed by atoms with Crippen LogP contribution in [0.15, 0.2) is 0 Å². The van der Waals surface area contributed by atoms with E-state index >= 15 is 0 Å². The van der Waals surface area contributed by atoms with Crippen molar-refractivity contribution in [2.45, 2.75) is 42.9 Å². The topological polar surface area (TPSA) is 69.7 Å². The van der Waals surface area contributed by atoms with Crippen molar-refractivity contribution in [1.82, 2.24) is 14.5 Å². The number of nitrogens with one attached hydrogen (secondary N) is 1. The molecule has 21 heavy (non-hydrogen) atoms. The molecule has 2 amide bonds. The van der Waals surface area contributed by atoms with Crippen molar-refractivity contribution in [3.63, 3.8) is 0 Å². The van der Waals surface area contributed by atoms with Gasteiger partial charge in [0.25, 0.3) is 0 Å². The number of amides is 2.